The van der Waals surface area contributed by atoms with Gasteiger partial charge in [-0.1, -0.05) is 32.0 Å². The van der Waals surface area contributed by atoms with Gasteiger partial charge < -0.3 is 10.2 Å². The van der Waals surface area contributed by atoms with Gasteiger partial charge in [0.15, 0.2) is 0 Å². The molecular weight excluding hydrogens is 248 g/mol. The van der Waals surface area contributed by atoms with Crippen LogP contribution in [0.5, 0.6) is 0 Å². The number of hydrogen-bond donors (Lipinski definition) is 1. The van der Waals surface area contributed by atoms with Crippen LogP contribution >= 0.6 is 0 Å². The summed E-state index contributed by atoms with van der Waals surface area (Å²) in [5, 5.41) is 3.27. The third kappa shape index (κ3) is 3.70. The summed E-state index contributed by atoms with van der Waals surface area (Å²) in [6.45, 7) is 8.19. The lowest BCUT2D eigenvalue weighted by Crippen LogP contribution is -2.18. The number of nitrogens with one attached hydrogen (secondary N) is 1. The van der Waals surface area contributed by atoms with Crippen LogP contribution in [-0.4, -0.2) is 23.1 Å². The SMILES string of the molecule is CCN(c1ccccc1)c1ccnc(NCC(C)C)n1. The summed E-state index contributed by atoms with van der Waals surface area (Å²) in [5.74, 6) is 2.17. The van der Waals surface area contributed by atoms with E-state index >= 15 is 0 Å². The van der Waals surface area contributed by atoms with Crippen LogP contribution in [0.1, 0.15) is 20.8 Å². The first kappa shape index (κ1) is 14.3. The lowest BCUT2D eigenvalue weighted by Gasteiger charge is -2.22. The van der Waals surface area contributed by atoms with Gasteiger partial charge in [-0.05, 0) is 31.0 Å². The highest BCUT2D eigenvalue weighted by atomic mass is 15.2. The molecule has 1 heterocycles. The molecule has 0 amide bonds. The summed E-state index contributed by atoms with van der Waals surface area (Å²) >= 11 is 0. The van der Waals surface area contributed by atoms with Crippen LogP contribution in [0, 0.1) is 5.92 Å². The highest BCUT2D eigenvalue weighted by Gasteiger charge is 2.09. The van der Waals surface area contributed by atoms with E-state index in [2.05, 4.69) is 53.1 Å². The minimum absolute atomic E-state index is 0.568. The van der Waals surface area contributed by atoms with Crippen molar-refractivity contribution in [3.05, 3.63) is 42.6 Å². The Morgan fingerprint density at radius 2 is 1.90 bits per heavy atom. The molecule has 1 N–H and O–H groups in total. The third-order valence-corrected chi connectivity index (χ3v) is 2.97. The lowest BCUT2D eigenvalue weighted by molar-refractivity contribution is 0.684. The highest BCUT2D eigenvalue weighted by molar-refractivity contribution is 5.60. The van der Waals surface area contributed by atoms with Gasteiger partial charge in [0.1, 0.15) is 5.82 Å². The first-order chi connectivity index (χ1) is 9.70. The van der Waals surface area contributed by atoms with Gasteiger partial charge in [-0.3, -0.25) is 0 Å². The van der Waals surface area contributed by atoms with Gasteiger partial charge in [-0.15, -0.1) is 0 Å². The summed E-state index contributed by atoms with van der Waals surface area (Å²) in [6, 6.07) is 12.2. The molecule has 2 rings (SSSR count). The molecule has 0 saturated carbocycles. The number of aromatic nitrogens is 2. The molecule has 0 unspecified atom stereocenters. The van der Waals surface area contributed by atoms with Crippen LogP contribution in [0.25, 0.3) is 0 Å². The van der Waals surface area contributed by atoms with Crippen LogP contribution < -0.4 is 10.2 Å². The van der Waals surface area contributed by atoms with Crippen LogP contribution in [0.4, 0.5) is 17.5 Å². The van der Waals surface area contributed by atoms with E-state index in [1.807, 2.05) is 24.3 Å². The molecule has 0 spiro atoms. The van der Waals surface area contributed by atoms with Crippen molar-refractivity contribution in [2.45, 2.75) is 20.8 Å². The van der Waals surface area contributed by atoms with Gasteiger partial charge in [0, 0.05) is 25.0 Å². The van der Waals surface area contributed by atoms with Gasteiger partial charge in [-0.2, -0.15) is 4.98 Å². The van der Waals surface area contributed by atoms with Crippen molar-refractivity contribution in [3.63, 3.8) is 0 Å². The zero-order chi connectivity index (χ0) is 14.4. The Bertz CT molecular complexity index is 525. The summed E-state index contributed by atoms with van der Waals surface area (Å²) in [5.41, 5.74) is 1.14. The number of hydrogen-bond acceptors (Lipinski definition) is 4. The normalized spacial score (nSPS) is 10.6. The molecule has 0 fully saturated rings. The Hall–Kier alpha value is -2.10. The van der Waals surface area contributed by atoms with E-state index < -0.39 is 0 Å². The van der Waals surface area contributed by atoms with Crippen LogP contribution in [0.15, 0.2) is 42.6 Å². The second-order valence-corrected chi connectivity index (χ2v) is 5.09. The second-order valence-electron chi connectivity index (χ2n) is 5.09. The molecule has 0 saturated heterocycles. The second kappa shape index (κ2) is 6.89. The van der Waals surface area contributed by atoms with Gasteiger partial charge in [0.2, 0.25) is 5.95 Å². The monoisotopic (exact) mass is 270 g/mol. The zero-order valence-electron chi connectivity index (χ0n) is 12.4. The van der Waals surface area contributed by atoms with Crippen molar-refractivity contribution in [3.8, 4) is 0 Å². The standard InChI is InChI=1S/C16H22N4/c1-4-20(14-8-6-5-7-9-14)15-10-11-17-16(19-15)18-12-13(2)3/h5-11,13H,4,12H2,1-3H3,(H,17,18,19). The predicted octanol–water partition coefficient (Wildman–Crippen LogP) is 3.70. The van der Waals surface area contributed by atoms with Crippen molar-refractivity contribution >= 4 is 17.5 Å². The van der Waals surface area contributed by atoms with Crippen molar-refractivity contribution in [1.82, 2.24) is 9.97 Å². The smallest absolute Gasteiger partial charge is 0.224 e. The molecule has 0 aliphatic heterocycles. The van der Waals surface area contributed by atoms with Gasteiger partial charge in [0.05, 0.1) is 0 Å². The zero-order valence-corrected chi connectivity index (χ0v) is 12.4. The van der Waals surface area contributed by atoms with E-state index in [-0.39, 0.29) is 0 Å². The van der Waals surface area contributed by atoms with Crippen molar-refractivity contribution in [1.29, 1.82) is 0 Å². The Kier molecular flexibility index (Phi) is 4.93. The number of para-hydroxylation sites is 1. The fourth-order valence-electron chi connectivity index (χ4n) is 1.96. The third-order valence-electron chi connectivity index (χ3n) is 2.97. The molecule has 20 heavy (non-hydrogen) atoms. The van der Waals surface area contributed by atoms with Gasteiger partial charge >= 0.3 is 0 Å². The molecule has 0 bridgehead atoms. The van der Waals surface area contributed by atoms with E-state index in [1.54, 1.807) is 6.20 Å². The van der Waals surface area contributed by atoms with E-state index in [4.69, 9.17) is 0 Å². The Morgan fingerprint density at radius 3 is 2.55 bits per heavy atom. The first-order valence-electron chi connectivity index (χ1n) is 7.10. The molecule has 2 aromatic rings. The average Bonchev–Trinajstić information content (AvgIpc) is 2.47. The molecule has 0 atom stereocenters. The van der Waals surface area contributed by atoms with E-state index in [0.29, 0.717) is 11.9 Å². The van der Waals surface area contributed by atoms with Crippen LogP contribution in [-0.2, 0) is 0 Å². The van der Waals surface area contributed by atoms with Crippen molar-refractivity contribution in [2.75, 3.05) is 23.3 Å². The molecule has 0 aliphatic rings. The Morgan fingerprint density at radius 1 is 1.15 bits per heavy atom. The lowest BCUT2D eigenvalue weighted by atomic mass is 10.2. The van der Waals surface area contributed by atoms with Crippen molar-refractivity contribution in [2.24, 2.45) is 5.92 Å². The van der Waals surface area contributed by atoms with E-state index in [1.165, 1.54) is 0 Å². The average molecular weight is 270 g/mol. The van der Waals surface area contributed by atoms with E-state index in [0.717, 1.165) is 24.6 Å². The molecule has 1 aromatic carbocycles. The summed E-state index contributed by atoms with van der Waals surface area (Å²) in [7, 11) is 0. The molecular formula is C16H22N4. The quantitative estimate of drug-likeness (QED) is 0.869. The van der Waals surface area contributed by atoms with Gasteiger partial charge in [-0.25, -0.2) is 4.98 Å². The van der Waals surface area contributed by atoms with Gasteiger partial charge in [0.25, 0.3) is 0 Å². The predicted molar refractivity (Wildman–Crippen MR) is 84.5 cm³/mol. The Balaban J connectivity index is 2.20. The molecule has 4 heteroatoms. The largest absolute Gasteiger partial charge is 0.354 e. The molecule has 1 aromatic heterocycles. The van der Waals surface area contributed by atoms with Crippen molar-refractivity contribution < 1.29 is 0 Å². The number of nitrogens with zero attached hydrogens (tertiary/aromatic N) is 3. The molecule has 0 radical (unpaired) electrons. The molecule has 106 valence electrons. The topological polar surface area (TPSA) is 41.1 Å². The Labute approximate surface area is 120 Å². The number of benzene rings is 1. The van der Waals surface area contributed by atoms with Crippen LogP contribution in [0.3, 0.4) is 0 Å². The number of anilines is 3. The van der Waals surface area contributed by atoms with E-state index in [9.17, 15) is 0 Å². The number of rotatable bonds is 6. The minimum atomic E-state index is 0.568. The maximum Gasteiger partial charge on any atom is 0.224 e. The summed E-state index contributed by atoms with van der Waals surface area (Å²) in [4.78, 5) is 11.0. The first-order valence-corrected chi connectivity index (χ1v) is 7.10. The summed E-state index contributed by atoms with van der Waals surface area (Å²) < 4.78 is 0. The minimum Gasteiger partial charge on any atom is -0.354 e. The fraction of sp³-hybridized carbons (Fsp3) is 0.375. The molecule has 0 aliphatic carbocycles. The summed E-state index contributed by atoms with van der Waals surface area (Å²) in [6.07, 6.45) is 1.80. The molecule has 4 nitrogen and oxygen atoms in total. The maximum absolute atomic E-state index is 4.60. The maximum atomic E-state index is 4.60. The highest BCUT2D eigenvalue weighted by Crippen LogP contribution is 2.23. The van der Waals surface area contributed by atoms with Crippen LogP contribution in [0.2, 0.25) is 0 Å². The fourth-order valence-corrected chi connectivity index (χ4v) is 1.96.